The molecule has 2 aromatic carbocycles. The van der Waals surface area contributed by atoms with Gasteiger partial charge in [0.25, 0.3) is 5.91 Å². The van der Waals surface area contributed by atoms with Gasteiger partial charge >= 0.3 is 0 Å². The summed E-state index contributed by atoms with van der Waals surface area (Å²) in [7, 11) is 0. The minimum atomic E-state index is -0.613. The molecule has 25 heavy (non-hydrogen) atoms. The van der Waals surface area contributed by atoms with Crippen molar-refractivity contribution < 1.29 is 9.53 Å². The Bertz CT molecular complexity index is 762. The minimum absolute atomic E-state index is 0.0412. The molecule has 1 amide bonds. The number of para-hydroxylation sites is 2. The number of rotatable bonds is 4. The Kier molecular flexibility index (Phi) is 5.20. The number of benzene rings is 2. The van der Waals surface area contributed by atoms with Crippen molar-refractivity contribution in [2.75, 3.05) is 31.1 Å². The van der Waals surface area contributed by atoms with E-state index in [0.717, 1.165) is 13.1 Å². The van der Waals surface area contributed by atoms with E-state index in [-0.39, 0.29) is 5.91 Å². The molecule has 1 atom stereocenters. The van der Waals surface area contributed by atoms with Crippen molar-refractivity contribution in [2.45, 2.75) is 13.0 Å². The van der Waals surface area contributed by atoms with Crippen LogP contribution in [0.1, 0.15) is 12.5 Å². The fourth-order valence-electron chi connectivity index (χ4n) is 2.98. The quantitative estimate of drug-likeness (QED) is 0.862. The first-order chi connectivity index (χ1) is 12.2. The number of amides is 1. The van der Waals surface area contributed by atoms with E-state index in [4.69, 9.17) is 10.00 Å². The maximum Gasteiger partial charge on any atom is 0.263 e. The van der Waals surface area contributed by atoms with Gasteiger partial charge in [-0.2, -0.15) is 5.26 Å². The molecule has 1 heterocycles. The molecule has 0 aromatic heterocycles. The molecule has 1 aliphatic rings. The smallest absolute Gasteiger partial charge is 0.263 e. The first-order valence-electron chi connectivity index (χ1n) is 8.43. The van der Waals surface area contributed by atoms with Gasteiger partial charge in [0.05, 0.1) is 5.56 Å². The third kappa shape index (κ3) is 3.92. The topological polar surface area (TPSA) is 56.6 Å². The Balaban J connectivity index is 1.58. The van der Waals surface area contributed by atoms with E-state index in [0.29, 0.717) is 24.4 Å². The molecule has 5 heteroatoms. The normalized spacial score (nSPS) is 15.4. The molecule has 0 radical (unpaired) electrons. The average Bonchev–Trinajstić information content (AvgIpc) is 2.68. The second kappa shape index (κ2) is 7.71. The predicted octanol–water partition coefficient (Wildman–Crippen LogP) is 2.67. The monoisotopic (exact) mass is 335 g/mol. The standard InChI is InChI=1S/C20H21N3O2/c1-16(25-19-10-6-5-7-17(19)15-21)20(24)23-13-11-22(12-14-23)18-8-3-2-4-9-18/h2-10,16H,11-14H2,1H3. The van der Waals surface area contributed by atoms with E-state index < -0.39 is 6.10 Å². The number of ether oxygens (including phenoxy) is 1. The van der Waals surface area contributed by atoms with E-state index in [1.807, 2.05) is 23.1 Å². The SMILES string of the molecule is CC(Oc1ccccc1C#N)C(=O)N1CCN(c2ccccc2)CC1. The predicted molar refractivity (Wildman–Crippen MR) is 96.5 cm³/mol. The van der Waals surface area contributed by atoms with Crippen LogP contribution in [0.25, 0.3) is 0 Å². The number of anilines is 1. The number of hydrogen-bond donors (Lipinski definition) is 0. The molecule has 3 rings (SSSR count). The summed E-state index contributed by atoms with van der Waals surface area (Å²) >= 11 is 0. The van der Waals surface area contributed by atoms with Crippen LogP contribution in [0.2, 0.25) is 0 Å². The van der Waals surface area contributed by atoms with Crippen LogP contribution < -0.4 is 9.64 Å². The van der Waals surface area contributed by atoms with E-state index >= 15 is 0 Å². The van der Waals surface area contributed by atoms with Gasteiger partial charge in [-0.05, 0) is 31.2 Å². The summed E-state index contributed by atoms with van der Waals surface area (Å²) in [5, 5.41) is 9.13. The van der Waals surface area contributed by atoms with Crippen molar-refractivity contribution in [3.05, 3.63) is 60.2 Å². The van der Waals surface area contributed by atoms with Crippen molar-refractivity contribution in [3.8, 4) is 11.8 Å². The number of carbonyl (C=O) groups is 1. The van der Waals surface area contributed by atoms with Gasteiger partial charge < -0.3 is 14.5 Å². The number of nitriles is 1. The Labute approximate surface area is 148 Å². The lowest BCUT2D eigenvalue weighted by molar-refractivity contribution is -0.138. The zero-order valence-electron chi connectivity index (χ0n) is 14.3. The van der Waals surface area contributed by atoms with Crippen molar-refractivity contribution in [1.82, 2.24) is 4.90 Å². The third-order valence-corrected chi connectivity index (χ3v) is 4.37. The summed E-state index contributed by atoms with van der Waals surface area (Å²) in [6.45, 7) is 4.68. The van der Waals surface area contributed by atoms with Crippen molar-refractivity contribution in [1.29, 1.82) is 5.26 Å². The van der Waals surface area contributed by atoms with Gasteiger partial charge in [-0.15, -0.1) is 0 Å². The molecule has 2 aromatic rings. The van der Waals surface area contributed by atoms with Crippen LogP contribution in [0.4, 0.5) is 5.69 Å². The highest BCUT2D eigenvalue weighted by molar-refractivity contribution is 5.81. The van der Waals surface area contributed by atoms with Crippen LogP contribution in [-0.2, 0) is 4.79 Å². The van der Waals surface area contributed by atoms with E-state index in [1.165, 1.54) is 5.69 Å². The van der Waals surface area contributed by atoms with E-state index in [9.17, 15) is 4.79 Å². The van der Waals surface area contributed by atoms with Gasteiger partial charge in [0, 0.05) is 31.9 Å². The highest BCUT2D eigenvalue weighted by atomic mass is 16.5. The molecular formula is C20H21N3O2. The van der Waals surface area contributed by atoms with E-state index in [1.54, 1.807) is 31.2 Å². The molecule has 0 saturated carbocycles. The van der Waals surface area contributed by atoms with Gasteiger partial charge in [-0.3, -0.25) is 4.79 Å². The van der Waals surface area contributed by atoms with Gasteiger partial charge in [0.15, 0.2) is 6.10 Å². The lowest BCUT2D eigenvalue weighted by Gasteiger charge is -2.37. The summed E-state index contributed by atoms with van der Waals surface area (Å²) in [4.78, 5) is 16.8. The van der Waals surface area contributed by atoms with Gasteiger partial charge in [0.2, 0.25) is 0 Å². The molecule has 0 bridgehead atoms. The minimum Gasteiger partial charge on any atom is -0.480 e. The lowest BCUT2D eigenvalue weighted by atomic mass is 10.2. The second-order valence-corrected chi connectivity index (χ2v) is 6.02. The molecule has 1 saturated heterocycles. The highest BCUT2D eigenvalue weighted by Gasteiger charge is 2.26. The van der Waals surface area contributed by atoms with Crippen LogP contribution in [-0.4, -0.2) is 43.1 Å². The fourth-order valence-corrected chi connectivity index (χ4v) is 2.98. The molecule has 0 N–H and O–H groups in total. The largest absolute Gasteiger partial charge is 0.480 e. The molecule has 1 fully saturated rings. The van der Waals surface area contributed by atoms with Crippen LogP contribution in [0, 0.1) is 11.3 Å². The zero-order chi connectivity index (χ0) is 17.6. The Hall–Kier alpha value is -3.00. The first kappa shape index (κ1) is 16.8. The van der Waals surface area contributed by atoms with Crippen LogP contribution in [0.3, 0.4) is 0 Å². The third-order valence-electron chi connectivity index (χ3n) is 4.37. The first-order valence-corrected chi connectivity index (χ1v) is 8.43. The summed E-state index contributed by atoms with van der Waals surface area (Å²) in [6, 6.07) is 19.3. The van der Waals surface area contributed by atoms with Gasteiger partial charge in [0.1, 0.15) is 11.8 Å². The van der Waals surface area contributed by atoms with Crippen molar-refractivity contribution in [3.63, 3.8) is 0 Å². The fraction of sp³-hybridized carbons (Fsp3) is 0.300. The zero-order valence-corrected chi connectivity index (χ0v) is 14.3. The number of hydrogen-bond acceptors (Lipinski definition) is 4. The molecule has 1 aliphatic heterocycles. The molecule has 1 unspecified atom stereocenters. The van der Waals surface area contributed by atoms with Crippen LogP contribution >= 0.6 is 0 Å². The van der Waals surface area contributed by atoms with Gasteiger partial charge in [-0.1, -0.05) is 30.3 Å². The van der Waals surface area contributed by atoms with Gasteiger partial charge in [-0.25, -0.2) is 0 Å². The Morgan fingerprint density at radius 1 is 1.04 bits per heavy atom. The Morgan fingerprint density at radius 2 is 1.68 bits per heavy atom. The molecule has 128 valence electrons. The molecule has 0 spiro atoms. The summed E-state index contributed by atoms with van der Waals surface area (Å²) < 4.78 is 5.74. The number of piperazine rings is 1. The Morgan fingerprint density at radius 3 is 2.36 bits per heavy atom. The van der Waals surface area contributed by atoms with E-state index in [2.05, 4.69) is 23.1 Å². The molecule has 0 aliphatic carbocycles. The lowest BCUT2D eigenvalue weighted by Crippen LogP contribution is -2.52. The van der Waals surface area contributed by atoms with Crippen molar-refractivity contribution in [2.24, 2.45) is 0 Å². The maximum absolute atomic E-state index is 12.6. The molecule has 5 nitrogen and oxygen atoms in total. The van der Waals surface area contributed by atoms with Crippen LogP contribution in [0.5, 0.6) is 5.75 Å². The summed E-state index contributed by atoms with van der Waals surface area (Å²) in [5.74, 6) is 0.411. The molecular weight excluding hydrogens is 314 g/mol. The highest BCUT2D eigenvalue weighted by Crippen LogP contribution is 2.20. The summed E-state index contributed by atoms with van der Waals surface area (Å²) in [6.07, 6.45) is -0.613. The second-order valence-electron chi connectivity index (χ2n) is 6.02. The maximum atomic E-state index is 12.6. The number of nitrogens with zero attached hydrogens (tertiary/aromatic N) is 3. The van der Waals surface area contributed by atoms with Crippen LogP contribution in [0.15, 0.2) is 54.6 Å². The van der Waals surface area contributed by atoms with Crippen molar-refractivity contribution >= 4 is 11.6 Å². The summed E-state index contributed by atoms with van der Waals surface area (Å²) in [5.41, 5.74) is 1.62. The average molecular weight is 335 g/mol. The number of carbonyl (C=O) groups excluding carboxylic acids is 1.